The summed E-state index contributed by atoms with van der Waals surface area (Å²) in [6.45, 7) is 3.40. The number of halogens is 1. The zero-order valence-electron chi connectivity index (χ0n) is 16.3. The molecule has 2 N–H and O–H groups in total. The van der Waals surface area contributed by atoms with Crippen molar-refractivity contribution in [1.29, 1.82) is 0 Å². The van der Waals surface area contributed by atoms with Gasteiger partial charge in [0.2, 0.25) is 0 Å². The lowest BCUT2D eigenvalue weighted by Gasteiger charge is -2.25. The van der Waals surface area contributed by atoms with Crippen LogP contribution in [0, 0.1) is 0 Å². The van der Waals surface area contributed by atoms with Crippen LogP contribution >= 0.6 is 24.0 Å². The van der Waals surface area contributed by atoms with Crippen molar-refractivity contribution >= 4 is 29.9 Å². The maximum absolute atomic E-state index is 5.49. The summed E-state index contributed by atoms with van der Waals surface area (Å²) in [7, 11) is 3.46. The highest BCUT2D eigenvalue weighted by atomic mass is 127. The minimum Gasteiger partial charge on any atom is -0.377 e. The van der Waals surface area contributed by atoms with Crippen LogP contribution in [0.4, 0.5) is 0 Å². The number of hydrogen-bond acceptors (Lipinski definition) is 5. The van der Waals surface area contributed by atoms with Crippen molar-refractivity contribution in [1.82, 2.24) is 25.4 Å². The number of guanidine groups is 1. The average molecular weight is 498 g/mol. The fourth-order valence-electron chi connectivity index (χ4n) is 3.58. The standard InChI is InChI=1S/C19H26N6O2.HI/c1-20-19(21-8-13-3-4-14-10-27-11-15(14)7-13)22-16-5-6-18-23-17(12-26-2)24-25(18)9-16;/h3-4,7,16H,5-6,8-12H2,1-2H3,(H2,20,21,22);1H. The molecular weight excluding hydrogens is 471 g/mol. The van der Waals surface area contributed by atoms with Crippen LogP contribution in [-0.2, 0) is 48.8 Å². The van der Waals surface area contributed by atoms with E-state index < -0.39 is 0 Å². The molecule has 0 saturated heterocycles. The van der Waals surface area contributed by atoms with Crippen LogP contribution in [0.1, 0.15) is 34.8 Å². The lowest BCUT2D eigenvalue weighted by atomic mass is 10.1. The molecule has 0 spiro atoms. The Balaban J connectivity index is 0.00000225. The van der Waals surface area contributed by atoms with E-state index in [4.69, 9.17) is 9.47 Å². The van der Waals surface area contributed by atoms with Crippen molar-refractivity contribution in [3.63, 3.8) is 0 Å². The summed E-state index contributed by atoms with van der Waals surface area (Å²) in [5, 5.41) is 11.4. The van der Waals surface area contributed by atoms with Gasteiger partial charge in [-0.05, 0) is 23.1 Å². The van der Waals surface area contributed by atoms with E-state index in [9.17, 15) is 0 Å². The lowest BCUT2D eigenvalue weighted by molar-refractivity contribution is 0.134. The molecule has 0 saturated carbocycles. The first kappa shape index (κ1) is 21.0. The minimum atomic E-state index is 0. The van der Waals surface area contributed by atoms with Crippen molar-refractivity contribution in [2.75, 3.05) is 14.2 Å². The summed E-state index contributed by atoms with van der Waals surface area (Å²) in [6, 6.07) is 6.78. The number of benzene rings is 1. The van der Waals surface area contributed by atoms with Crippen LogP contribution in [0.3, 0.4) is 0 Å². The molecule has 3 heterocycles. The van der Waals surface area contributed by atoms with Crippen molar-refractivity contribution in [2.45, 2.75) is 51.8 Å². The summed E-state index contributed by atoms with van der Waals surface area (Å²) in [6.07, 6.45) is 1.90. The Morgan fingerprint density at radius 1 is 1.36 bits per heavy atom. The monoisotopic (exact) mass is 498 g/mol. The zero-order chi connectivity index (χ0) is 18.6. The van der Waals surface area contributed by atoms with Gasteiger partial charge >= 0.3 is 0 Å². The van der Waals surface area contributed by atoms with E-state index in [0.29, 0.717) is 13.2 Å². The molecule has 0 aliphatic carbocycles. The molecule has 2 aromatic rings. The second-order valence-corrected chi connectivity index (χ2v) is 6.96. The van der Waals surface area contributed by atoms with E-state index in [1.807, 2.05) is 4.68 Å². The molecule has 0 bridgehead atoms. The summed E-state index contributed by atoms with van der Waals surface area (Å²) in [5.41, 5.74) is 3.81. The Bertz CT molecular complexity index is 838. The van der Waals surface area contributed by atoms with Crippen molar-refractivity contribution in [3.8, 4) is 0 Å². The third-order valence-corrected chi connectivity index (χ3v) is 4.99. The van der Waals surface area contributed by atoms with Gasteiger partial charge in [-0.15, -0.1) is 24.0 Å². The number of fused-ring (bicyclic) bond motifs is 2. The first-order valence-electron chi connectivity index (χ1n) is 9.32. The van der Waals surface area contributed by atoms with Gasteiger partial charge in [-0.3, -0.25) is 4.99 Å². The highest BCUT2D eigenvalue weighted by Gasteiger charge is 2.22. The number of ether oxygens (including phenoxy) is 2. The molecule has 1 aromatic heterocycles. The molecule has 28 heavy (non-hydrogen) atoms. The highest BCUT2D eigenvalue weighted by molar-refractivity contribution is 14.0. The number of aromatic nitrogens is 3. The first-order valence-corrected chi connectivity index (χ1v) is 9.32. The van der Waals surface area contributed by atoms with E-state index >= 15 is 0 Å². The lowest BCUT2D eigenvalue weighted by Crippen LogP contribution is -2.46. The fourth-order valence-corrected chi connectivity index (χ4v) is 3.58. The van der Waals surface area contributed by atoms with E-state index in [2.05, 4.69) is 43.9 Å². The zero-order valence-corrected chi connectivity index (χ0v) is 18.6. The Labute approximate surface area is 182 Å². The molecule has 152 valence electrons. The number of nitrogens with zero attached hydrogens (tertiary/aromatic N) is 4. The molecule has 0 radical (unpaired) electrons. The molecule has 0 amide bonds. The summed E-state index contributed by atoms with van der Waals surface area (Å²) < 4.78 is 12.6. The number of aryl methyl sites for hydroxylation is 1. The Morgan fingerprint density at radius 2 is 2.21 bits per heavy atom. The number of nitrogens with one attached hydrogen (secondary N) is 2. The van der Waals surface area contributed by atoms with Crippen molar-refractivity contribution in [2.24, 2.45) is 4.99 Å². The van der Waals surface area contributed by atoms with Gasteiger partial charge in [0.25, 0.3) is 0 Å². The maximum Gasteiger partial charge on any atom is 0.191 e. The third kappa shape index (κ3) is 4.81. The van der Waals surface area contributed by atoms with Gasteiger partial charge in [-0.2, -0.15) is 5.10 Å². The Morgan fingerprint density at radius 3 is 3.04 bits per heavy atom. The van der Waals surface area contributed by atoms with Crippen LogP contribution in [0.15, 0.2) is 23.2 Å². The van der Waals surface area contributed by atoms with Crippen molar-refractivity contribution in [3.05, 3.63) is 46.5 Å². The van der Waals surface area contributed by atoms with Crippen LogP contribution in [0.25, 0.3) is 0 Å². The van der Waals surface area contributed by atoms with Crippen LogP contribution in [0.2, 0.25) is 0 Å². The SMILES string of the molecule is CN=C(NCc1ccc2c(c1)COC2)NC1CCc2nc(COC)nn2C1.I. The largest absolute Gasteiger partial charge is 0.377 e. The smallest absolute Gasteiger partial charge is 0.191 e. The van der Waals surface area contributed by atoms with Gasteiger partial charge in [0, 0.05) is 33.2 Å². The molecule has 1 atom stereocenters. The summed E-state index contributed by atoms with van der Waals surface area (Å²) >= 11 is 0. The molecule has 2 aliphatic heterocycles. The van der Waals surface area contributed by atoms with Gasteiger partial charge in [-0.25, -0.2) is 9.67 Å². The third-order valence-electron chi connectivity index (χ3n) is 4.99. The average Bonchev–Trinajstić information content (AvgIpc) is 3.30. The molecule has 4 rings (SSSR count). The number of hydrogen-bond donors (Lipinski definition) is 2. The summed E-state index contributed by atoms with van der Waals surface area (Å²) in [5.74, 6) is 2.58. The second kappa shape index (κ2) is 9.66. The molecule has 1 aromatic carbocycles. The number of rotatable bonds is 5. The van der Waals surface area contributed by atoms with E-state index in [1.165, 1.54) is 16.7 Å². The predicted molar refractivity (Wildman–Crippen MR) is 117 cm³/mol. The second-order valence-electron chi connectivity index (χ2n) is 6.96. The molecule has 0 fully saturated rings. The predicted octanol–water partition coefficient (Wildman–Crippen LogP) is 1.75. The highest BCUT2D eigenvalue weighted by Crippen LogP contribution is 2.20. The molecule has 1 unspecified atom stereocenters. The molecular formula is C19H27IN6O2. The molecule has 8 nitrogen and oxygen atoms in total. The van der Waals surface area contributed by atoms with Gasteiger partial charge in [0.15, 0.2) is 11.8 Å². The van der Waals surface area contributed by atoms with Gasteiger partial charge in [-0.1, -0.05) is 18.2 Å². The van der Waals surface area contributed by atoms with Crippen LogP contribution in [0.5, 0.6) is 0 Å². The van der Waals surface area contributed by atoms with Crippen LogP contribution in [-0.4, -0.2) is 40.9 Å². The van der Waals surface area contributed by atoms with E-state index in [1.54, 1.807) is 14.2 Å². The number of aliphatic imine (C=N–C) groups is 1. The maximum atomic E-state index is 5.49. The first-order chi connectivity index (χ1) is 13.2. The Hall–Kier alpha value is -1.72. The van der Waals surface area contributed by atoms with Gasteiger partial charge in [0.1, 0.15) is 12.4 Å². The topological polar surface area (TPSA) is 85.6 Å². The molecule has 2 aliphatic rings. The normalized spacial score (nSPS) is 18.2. The van der Waals surface area contributed by atoms with Crippen molar-refractivity contribution < 1.29 is 9.47 Å². The quantitative estimate of drug-likeness (QED) is 0.372. The summed E-state index contributed by atoms with van der Waals surface area (Å²) in [4.78, 5) is 8.89. The molecule has 9 heteroatoms. The fraction of sp³-hybridized carbons (Fsp3) is 0.526. The van der Waals surface area contributed by atoms with Gasteiger partial charge < -0.3 is 20.1 Å². The van der Waals surface area contributed by atoms with Crippen LogP contribution < -0.4 is 10.6 Å². The van der Waals surface area contributed by atoms with Gasteiger partial charge in [0.05, 0.1) is 19.8 Å². The minimum absolute atomic E-state index is 0. The van der Waals surface area contributed by atoms with E-state index in [-0.39, 0.29) is 30.0 Å². The van der Waals surface area contributed by atoms with E-state index in [0.717, 1.165) is 50.1 Å². The Kier molecular flexibility index (Phi) is 7.24. The number of methoxy groups -OCH3 is 1.